The quantitative estimate of drug-likeness (QED) is 0.364. The van der Waals surface area contributed by atoms with E-state index in [0.717, 1.165) is 16.9 Å². The monoisotopic (exact) mass is 442 g/mol. The summed E-state index contributed by atoms with van der Waals surface area (Å²) >= 11 is 8.00. The van der Waals surface area contributed by atoms with Crippen molar-refractivity contribution >= 4 is 23.4 Å². The van der Waals surface area contributed by atoms with Gasteiger partial charge >= 0.3 is 0 Å². The summed E-state index contributed by atoms with van der Waals surface area (Å²) in [6.07, 6.45) is 0. The van der Waals surface area contributed by atoms with Crippen molar-refractivity contribution in [2.24, 2.45) is 0 Å². The van der Waals surface area contributed by atoms with Gasteiger partial charge in [-0.1, -0.05) is 41.6 Å². The molecule has 4 aromatic rings. The fourth-order valence-electron chi connectivity index (χ4n) is 2.92. The molecule has 2 aromatic heterocycles. The van der Waals surface area contributed by atoms with E-state index in [1.807, 2.05) is 49.4 Å². The lowest BCUT2D eigenvalue weighted by Gasteiger charge is -2.07. The molecule has 0 radical (unpaired) electrons. The third-order valence-electron chi connectivity index (χ3n) is 4.51. The molecule has 0 unspecified atom stereocenters. The fraction of sp³-hybridized carbons (Fsp3) is 0.190. The molecule has 2 heterocycles. The van der Waals surface area contributed by atoms with Gasteiger partial charge in [0.25, 0.3) is 11.1 Å². The zero-order valence-corrected chi connectivity index (χ0v) is 18.2. The average Bonchev–Trinajstić information content (AvgIpc) is 3.36. The van der Waals surface area contributed by atoms with Gasteiger partial charge in [-0.05, 0) is 31.2 Å². The first kappa shape index (κ1) is 20.3. The lowest BCUT2D eigenvalue weighted by atomic mass is 10.2. The normalized spacial score (nSPS) is 10.9. The van der Waals surface area contributed by atoms with Gasteiger partial charge in [-0.15, -0.1) is 10.2 Å². The number of hydrogen-bond donors (Lipinski definition) is 0. The first-order valence-electron chi connectivity index (χ1n) is 9.09. The van der Waals surface area contributed by atoms with E-state index >= 15 is 0 Å². The number of methoxy groups -OCH3 is 2. The predicted octanol–water partition coefficient (Wildman–Crippen LogP) is 5.19. The van der Waals surface area contributed by atoms with Gasteiger partial charge in [-0.3, -0.25) is 0 Å². The van der Waals surface area contributed by atoms with Crippen LogP contribution in [0.4, 0.5) is 0 Å². The second-order valence-corrected chi connectivity index (χ2v) is 7.61. The molecule has 4 rings (SSSR count). The lowest BCUT2D eigenvalue weighted by molar-refractivity contribution is 0.393. The van der Waals surface area contributed by atoms with Crippen LogP contribution in [0.2, 0.25) is 5.15 Å². The lowest BCUT2D eigenvalue weighted by Crippen LogP contribution is -1.95. The molecule has 0 fully saturated rings. The zero-order valence-electron chi connectivity index (χ0n) is 16.6. The molecule has 0 amide bonds. The molecule has 0 N–H and O–H groups in total. The van der Waals surface area contributed by atoms with Gasteiger partial charge in [0.2, 0.25) is 0 Å². The van der Waals surface area contributed by atoms with Crippen molar-refractivity contribution in [3.05, 3.63) is 64.9 Å². The standard InChI is InChI=1S/C21H19ClN4O3S/c1-13-17(19(22)26(25-13)14-7-5-4-6-8-14)12-30-21-24-23-20(29-21)16-10-9-15(27-2)11-18(16)28-3/h4-11H,12H2,1-3H3. The van der Waals surface area contributed by atoms with Crippen molar-refractivity contribution in [1.29, 1.82) is 0 Å². The van der Waals surface area contributed by atoms with E-state index in [4.69, 9.17) is 25.5 Å². The third-order valence-corrected chi connectivity index (χ3v) is 5.74. The van der Waals surface area contributed by atoms with Crippen LogP contribution in [0.5, 0.6) is 11.5 Å². The molecule has 0 spiro atoms. The van der Waals surface area contributed by atoms with Crippen LogP contribution in [0.15, 0.2) is 58.2 Å². The average molecular weight is 443 g/mol. The number of benzene rings is 2. The summed E-state index contributed by atoms with van der Waals surface area (Å²) in [7, 11) is 3.18. The number of hydrogen-bond acceptors (Lipinski definition) is 7. The second kappa shape index (κ2) is 8.81. The largest absolute Gasteiger partial charge is 0.497 e. The van der Waals surface area contributed by atoms with E-state index in [1.165, 1.54) is 11.8 Å². The Bertz CT molecular complexity index is 1160. The summed E-state index contributed by atoms with van der Waals surface area (Å²) in [5.41, 5.74) is 3.39. The Kier molecular flexibility index (Phi) is 5.96. The molecule has 0 bridgehead atoms. The van der Waals surface area contributed by atoms with Crippen LogP contribution in [0.25, 0.3) is 17.1 Å². The minimum atomic E-state index is 0.375. The highest BCUT2D eigenvalue weighted by Gasteiger charge is 2.18. The van der Waals surface area contributed by atoms with Gasteiger partial charge in [0.05, 0.1) is 31.2 Å². The predicted molar refractivity (Wildman–Crippen MR) is 116 cm³/mol. The van der Waals surface area contributed by atoms with Crippen molar-refractivity contribution in [1.82, 2.24) is 20.0 Å². The molecule has 154 valence electrons. The summed E-state index contributed by atoms with van der Waals surface area (Å²) < 4.78 is 18.2. The van der Waals surface area contributed by atoms with Crippen molar-refractivity contribution < 1.29 is 13.9 Å². The molecular formula is C21H19ClN4O3S. The number of ether oxygens (including phenoxy) is 2. The van der Waals surface area contributed by atoms with E-state index in [9.17, 15) is 0 Å². The third kappa shape index (κ3) is 4.01. The maximum Gasteiger partial charge on any atom is 0.277 e. The molecular weight excluding hydrogens is 424 g/mol. The van der Waals surface area contributed by atoms with Gasteiger partial charge in [-0.2, -0.15) is 5.10 Å². The maximum absolute atomic E-state index is 6.59. The van der Waals surface area contributed by atoms with Crippen molar-refractivity contribution in [2.45, 2.75) is 17.9 Å². The van der Waals surface area contributed by atoms with E-state index in [2.05, 4.69) is 15.3 Å². The molecule has 2 aromatic carbocycles. The smallest absolute Gasteiger partial charge is 0.277 e. The van der Waals surface area contributed by atoms with Crippen molar-refractivity contribution in [3.63, 3.8) is 0 Å². The second-order valence-electron chi connectivity index (χ2n) is 6.33. The highest BCUT2D eigenvalue weighted by Crippen LogP contribution is 2.35. The SMILES string of the molecule is COc1ccc(-c2nnc(SCc3c(C)nn(-c4ccccc4)c3Cl)o2)c(OC)c1. The Balaban J connectivity index is 1.53. The summed E-state index contributed by atoms with van der Waals surface area (Å²) in [4.78, 5) is 0. The Hall–Kier alpha value is -2.97. The minimum absolute atomic E-state index is 0.375. The summed E-state index contributed by atoms with van der Waals surface area (Å²) in [6.45, 7) is 1.93. The highest BCUT2D eigenvalue weighted by atomic mass is 35.5. The summed E-state index contributed by atoms with van der Waals surface area (Å²) in [5.74, 6) is 2.21. The van der Waals surface area contributed by atoms with E-state index in [-0.39, 0.29) is 0 Å². The molecule has 0 saturated carbocycles. The molecule has 9 heteroatoms. The molecule has 0 aliphatic carbocycles. The van der Waals surface area contributed by atoms with Crippen LogP contribution < -0.4 is 9.47 Å². The fourth-order valence-corrected chi connectivity index (χ4v) is 4.19. The van der Waals surface area contributed by atoms with Crippen LogP contribution in [-0.2, 0) is 5.75 Å². The molecule has 30 heavy (non-hydrogen) atoms. The first-order valence-corrected chi connectivity index (χ1v) is 10.4. The van der Waals surface area contributed by atoms with Crippen LogP contribution in [-0.4, -0.2) is 34.2 Å². The Morgan fingerprint density at radius 3 is 2.60 bits per heavy atom. The summed E-state index contributed by atoms with van der Waals surface area (Å²) in [5, 5.41) is 13.9. The first-order chi connectivity index (χ1) is 14.6. The molecule has 0 saturated heterocycles. The zero-order chi connectivity index (χ0) is 21.1. The van der Waals surface area contributed by atoms with E-state index in [1.54, 1.807) is 25.0 Å². The molecule has 7 nitrogen and oxygen atoms in total. The Labute approximate surface area is 183 Å². The van der Waals surface area contributed by atoms with Gasteiger partial charge in [0, 0.05) is 17.4 Å². The Morgan fingerprint density at radius 1 is 1.07 bits per heavy atom. The maximum atomic E-state index is 6.59. The van der Waals surface area contributed by atoms with Crippen LogP contribution in [0.3, 0.4) is 0 Å². The summed E-state index contributed by atoms with van der Waals surface area (Å²) in [6, 6.07) is 15.2. The van der Waals surface area contributed by atoms with Gasteiger partial charge in [-0.25, -0.2) is 4.68 Å². The van der Waals surface area contributed by atoms with Crippen LogP contribution in [0.1, 0.15) is 11.3 Å². The molecule has 0 aliphatic heterocycles. The number of rotatable bonds is 7. The van der Waals surface area contributed by atoms with Gasteiger partial charge < -0.3 is 13.9 Å². The van der Waals surface area contributed by atoms with Crippen LogP contribution in [0, 0.1) is 6.92 Å². The number of halogens is 1. The Morgan fingerprint density at radius 2 is 1.87 bits per heavy atom. The van der Waals surface area contributed by atoms with E-state index in [0.29, 0.717) is 39.1 Å². The number of para-hydroxylation sites is 1. The van der Waals surface area contributed by atoms with Gasteiger partial charge in [0.1, 0.15) is 16.7 Å². The van der Waals surface area contributed by atoms with Gasteiger partial charge in [0.15, 0.2) is 0 Å². The van der Waals surface area contributed by atoms with Crippen molar-refractivity contribution in [3.8, 4) is 28.6 Å². The van der Waals surface area contributed by atoms with E-state index < -0.39 is 0 Å². The molecule has 0 atom stereocenters. The highest BCUT2D eigenvalue weighted by molar-refractivity contribution is 7.98. The minimum Gasteiger partial charge on any atom is -0.497 e. The molecule has 0 aliphatic rings. The number of aryl methyl sites for hydroxylation is 1. The van der Waals surface area contributed by atoms with Crippen molar-refractivity contribution in [2.75, 3.05) is 14.2 Å². The topological polar surface area (TPSA) is 75.2 Å². The number of aromatic nitrogens is 4. The number of thioether (sulfide) groups is 1. The number of nitrogens with zero attached hydrogens (tertiary/aromatic N) is 4. The van der Waals surface area contributed by atoms with Crippen LogP contribution >= 0.6 is 23.4 Å².